The second-order valence-electron chi connectivity index (χ2n) is 5.23. The summed E-state index contributed by atoms with van der Waals surface area (Å²) in [6, 6.07) is 3.83. The van der Waals surface area contributed by atoms with Crippen molar-refractivity contribution >= 4 is 11.6 Å². The van der Waals surface area contributed by atoms with Gasteiger partial charge in [0, 0.05) is 23.6 Å². The third-order valence-corrected chi connectivity index (χ3v) is 4.54. The molecule has 0 saturated heterocycles. The van der Waals surface area contributed by atoms with Gasteiger partial charge in [-0.3, -0.25) is 0 Å². The Labute approximate surface area is 120 Å². The van der Waals surface area contributed by atoms with Crippen LogP contribution in [0.3, 0.4) is 0 Å². The van der Waals surface area contributed by atoms with Gasteiger partial charge < -0.3 is 15.2 Å². The van der Waals surface area contributed by atoms with E-state index in [0.29, 0.717) is 17.3 Å². The molecule has 0 aliphatic heterocycles. The van der Waals surface area contributed by atoms with Crippen LogP contribution in [0.4, 0.5) is 0 Å². The van der Waals surface area contributed by atoms with E-state index in [9.17, 15) is 0 Å². The van der Waals surface area contributed by atoms with Gasteiger partial charge in [0.05, 0.1) is 19.2 Å². The lowest BCUT2D eigenvalue weighted by Gasteiger charge is -2.37. The number of methoxy groups -OCH3 is 2. The van der Waals surface area contributed by atoms with Crippen molar-refractivity contribution in [3.8, 4) is 11.5 Å². The highest BCUT2D eigenvalue weighted by atomic mass is 35.5. The highest BCUT2D eigenvalue weighted by molar-refractivity contribution is 6.32. The fourth-order valence-electron chi connectivity index (χ4n) is 3.09. The molecule has 0 heterocycles. The van der Waals surface area contributed by atoms with Gasteiger partial charge in [-0.15, -0.1) is 0 Å². The van der Waals surface area contributed by atoms with Crippen LogP contribution in [0, 0.1) is 0 Å². The second kappa shape index (κ2) is 6.02. The first-order chi connectivity index (χ1) is 9.16. The normalized spacial score (nSPS) is 18.1. The number of ether oxygens (including phenoxy) is 2. The lowest BCUT2D eigenvalue weighted by atomic mass is 9.69. The van der Waals surface area contributed by atoms with Crippen molar-refractivity contribution in [3.63, 3.8) is 0 Å². The highest BCUT2D eigenvalue weighted by Crippen LogP contribution is 2.45. The van der Waals surface area contributed by atoms with E-state index in [1.807, 2.05) is 12.1 Å². The molecule has 1 fully saturated rings. The first-order valence-corrected chi connectivity index (χ1v) is 7.17. The molecule has 0 atom stereocenters. The summed E-state index contributed by atoms with van der Waals surface area (Å²) in [7, 11) is 3.29. The molecule has 1 aromatic rings. The third kappa shape index (κ3) is 2.67. The smallest absolute Gasteiger partial charge is 0.141 e. The summed E-state index contributed by atoms with van der Waals surface area (Å²) in [5.74, 6) is 1.47. The summed E-state index contributed by atoms with van der Waals surface area (Å²) < 4.78 is 10.8. The van der Waals surface area contributed by atoms with Crippen molar-refractivity contribution in [2.45, 2.75) is 37.5 Å². The maximum atomic E-state index is 6.28. The Morgan fingerprint density at radius 1 is 1.11 bits per heavy atom. The van der Waals surface area contributed by atoms with Crippen molar-refractivity contribution in [1.82, 2.24) is 0 Å². The van der Waals surface area contributed by atoms with Gasteiger partial charge >= 0.3 is 0 Å². The van der Waals surface area contributed by atoms with Crippen LogP contribution < -0.4 is 15.2 Å². The number of hydrogen-bond donors (Lipinski definition) is 1. The van der Waals surface area contributed by atoms with E-state index in [1.165, 1.54) is 19.3 Å². The van der Waals surface area contributed by atoms with Gasteiger partial charge in [0.1, 0.15) is 11.5 Å². The first-order valence-electron chi connectivity index (χ1n) is 6.79. The molecule has 3 nitrogen and oxygen atoms in total. The van der Waals surface area contributed by atoms with Crippen LogP contribution in [0.2, 0.25) is 5.02 Å². The van der Waals surface area contributed by atoms with Crippen LogP contribution in [0.1, 0.15) is 37.7 Å². The summed E-state index contributed by atoms with van der Waals surface area (Å²) in [6.07, 6.45) is 5.91. The minimum Gasteiger partial charge on any atom is -0.496 e. The fourth-order valence-corrected chi connectivity index (χ4v) is 3.33. The van der Waals surface area contributed by atoms with Crippen LogP contribution in [0.15, 0.2) is 12.1 Å². The Morgan fingerprint density at radius 2 is 1.74 bits per heavy atom. The molecule has 0 spiro atoms. The second-order valence-corrected chi connectivity index (χ2v) is 5.64. The monoisotopic (exact) mass is 283 g/mol. The van der Waals surface area contributed by atoms with Gasteiger partial charge in [-0.05, 0) is 18.9 Å². The number of benzene rings is 1. The zero-order chi connectivity index (χ0) is 13.9. The zero-order valence-electron chi connectivity index (χ0n) is 11.7. The van der Waals surface area contributed by atoms with E-state index in [0.717, 1.165) is 24.2 Å². The Kier molecular flexibility index (Phi) is 4.58. The molecule has 106 valence electrons. The summed E-state index contributed by atoms with van der Waals surface area (Å²) >= 11 is 6.28. The number of hydrogen-bond acceptors (Lipinski definition) is 3. The van der Waals surface area contributed by atoms with Crippen LogP contribution in [0.5, 0.6) is 11.5 Å². The Hall–Kier alpha value is -0.930. The summed E-state index contributed by atoms with van der Waals surface area (Å²) in [6.45, 7) is 0.631. The molecule has 2 N–H and O–H groups in total. The Morgan fingerprint density at radius 3 is 2.26 bits per heavy atom. The predicted molar refractivity (Wildman–Crippen MR) is 78.4 cm³/mol. The fraction of sp³-hybridized carbons (Fsp3) is 0.600. The topological polar surface area (TPSA) is 44.5 Å². The molecule has 4 heteroatoms. The molecule has 0 amide bonds. The molecule has 0 bridgehead atoms. The van der Waals surface area contributed by atoms with E-state index >= 15 is 0 Å². The Balaban J connectivity index is 2.49. The van der Waals surface area contributed by atoms with Crippen LogP contribution in [0.25, 0.3) is 0 Å². The van der Waals surface area contributed by atoms with Gasteiger partial charge in [0.25, 0.3) is 0 Å². The third-order valence-electron chi connectivity index (χ3n) is 4.25. The van der Waals surface area contributed by atoms with E-state index in [-0.39, 0.29) is 5.41 Å². The number of nitrogens with two attached hydrogens (primary N) is 1. The van der Waals surface area contributed by atoms with Crippen LogP contribution in [-0.2, 0) is 5.41 Å². The van der Waals surface area contributed by atoms with E-state index in [2.05, 4.69) is 0 Å². The zero-order valence-corrected chi connectivity index (χ0v) is 12.4. The molecule has 0 unspecified atom stereocenters. The van der Waals surface area contributed by atoms with E-state index in [4.69, 9.17) is 26.8 Å². The first kappa shape index (κ1) is 14.5. The average Bonchev–Trinajstić information content (AvgIpc) is 2.47. The van der Waals surface area contributed by atoms with Crippen LogP contribution >= 0.6 is 11.6 Å². The van der Waals surface area contributed by atoms with Crippen LogP contribution in [-0.4, -0.2) is 20.8 Å². The summed E-state index contributed by atoms with van der Waals surface area (Å²) in [5, 5.41) is 0.622. The van der Waals surface area contributed by atoms with Gasteiger partial charge in [0.2, 0.25) is 0 Å². The van der Waals surface area contributed by atoms with Gasteiger partial charge in [-0.1, -0.05) is 30.9 Å². The maximum Gasteiger partial charge on any atom is 0.141 e. The molecular formula is C15H22ClNO2. The lowest BCUT2D eigenvalue weighted by molar-refractivity contribution is 0.287. The molecule has 1 saturated carbocycles. The largest absolute Gasteiger partial charge is 0.496 e. The highest BCUT2D eigenvalue weighted by Gasteiger charge is 2.35. The average molecular weight is 284 g/mol. The van der Waals surface area contributed by atoms with Crippen molar-refractivity contribution in [3.05, 3.63) is 22.7 Å². The molecule has 19 heavy (non-hydrogen) atoms. The van der Waals surface area contributed by atoms with Crippen molar-refractivity contribution in [1.29, 1.82) is 0 Å². The van der Waals surface area contributed by atoms with E-state index in [1.54, 1.807) is 14.2 Å². The van der Waals surface area contributed by atoms with Gasteiger partial charge in [-0.25, -0.2) is 0 Å². The van der Waals surface area contributed by atoms with Gasteiger partial charge in [0.15, 0.2) is 0 Å². The molecule has 1 aliphatic carbocycles. The number of halogens is 1. The lowest BCUT2D eigenvalue weighted by Crippen LogP contribution is -2.37. The SMILES string of the molecule is COc1cc(OC)c(C2(CN)CCCCC2)cc1Cl. The molecule has 0 radical (unpaired) electrons. The Bertz CT molecular complexity index is 442. The predicted octanol–water partition coefficient (Wildman–Crippen LogP) is 3.52. The molecule has 0 aromatic heterocycles. The maximum absolute atomic E-state index is 6.28. The summed E-state index contributed by atoms with van der Waals surface area (Å²) in [4.78, 5) is 0. The minimum absolute atomic E-state index is 0.000491. The summed E-state index contributed by atoms with van der Waals surface area (Å²) in [5.41, 5.74) is 7.21. The standard InChI is InChI=1S/C15H22ClNO2/c1-18-13-9-14(19-2)12(16)8-11(13)15(10-17)6-4-3-5-7-15/h8-9H,3-7,10,17H2,1-2H3. The van der Waals surface area contributed by atoms with Crippen molar-refractivity contribution < 1.29 is 9.47 Å². The van der Waals surface area contributed by atoms with Crippen molar-refractivity contribution in [2.24, 2.45) is 5.73 Å². The van der Waals surface area contributed by atoms with Gasteiger partial charge in [-0.2, -0.15) is 0 Å². The molecular weight excluding hydrogens is 262 g/mol. The molecule has 2 rings (SSSR count). The minimum atomic E-state index is -0.000491. The molecule has 1 aromatic carbocycles. The quantitative estimate of drug-likeness (QED) is 0.919. The van der Waals surface area contributed by atoms with E-state index < -0.39 is 0 Å². The molecule has 1 aliphatic rings. The number of rotatable bonds is 4. The van der Waals surface area contributed by atoms with Crippen molar-refractivity contribution in [2.75, 3.05) is 20.8 Å².